The monoisotopic (exact) mass is 485 g/mol. The first kappa shape index (κ1) is 22.6. The van der Waals surface area contributed by atoms with Gasteiger partial charge in [-0.3, -0.25) is 4.31 Å². The molecule has 35 heavy (non-hydrogen) atoms. The van der Waals surface area contributed by atoms with E-state index in [2.05, 4.69) is 6.07 Å². The number of nitrogens with zero attached hydrogens (tertiary/aromatic N) is 2. The van der Waals surface area contributed by atoms with Crippen LogP contribution in [0.4, 0.5) is 5.69 Å². The minimum absolute atomic E-state index is 0.0231. The first-order valence-corrected chi connectivity index (χ1v) is 12.6. The van der Waals surface area contributed by atoms with Gasteiger partial charge in [0.05, 0.1) is 24.8 Å². The molecule has 2 aliphatic rings. The van der Waals surface area contributed by atoms with Crippen LogP contribution in [0.2, 0.25) is 0 Å². The van der Waals surface area contributed by atoms with Crippen molar-refractivity contribution in [2.24, 2.45) is 5.73 Å². The lowest BCUT2D eigenvalue weighted by Gasteiger charge is -2.38. The fraction of sp³-hybridized carbons (Fsp3) is 0.148. The zero-order chi connectivity index (χ0) is 24.6. The van der Waals surface area contributed by atoms with Crippen molar-refractivity contribution in [1.29, 1.82) is 5.26 Å². The SMILES string of the molecule is CCOc1ccccc1[C@@H]1C(C#N)=C(N)OC2=C1S(=O)(=O)N(Cc1ccccc1)c1ccccc12. The number of hydrogen-bond acceptors (Lipinski definition) is 6. The molecule has 0 spiro atoms. The molecule has 0 saturated heterocycles. The van der Waals surface area contributed by atoms with Gasteiger partial charge in [-0.1, -0.05) is 60.7 Å². The van der Waals surface area contributed by atoms with E-state index in [0.717, 1.165) is 5.56 Å². The Labute approximate surface area is 204 Å². The summed E-state index contributed by atoms with van der Waals surface area (Å²) in [4.78, 5) is -0.0231. The predicted octanol–water partition coefficient (Wildman–Crippen LogP) is 4.61. The number of sulfonamides is 1. The standard InChI is InChI=1S/C27H23N3O4S/c1-2-33-23-15-9-7-13-20(23)24-21(16-28)27(29)34-25-19-12-6-8-14-22(19)30(35(31,32)26(24)25)17-18-10-4-3-5-11-18/h3-15,24H,2,17,29H2,1H3/t24-/m1/s1. The average molecular weight is 486 g/mol. The summed E-state index contributed by atoms with van der Waals surface area (Å²) in [6.45, 7) is 2.34. The maximum Gasteiger partial charge on any atom is 0.265 e. The lowest BCUT2D eigenvalue weighted by Crippen LogP contribution is -2.39. The summed E-state index contributed by atoms with van der Waals surface area (Å²) in [5.74, 6) is -0.483. The van der Waals surface area contributed by atoms with E-state index in [1.165, 1.54) is 4.31 Å². The van der Waals surface area contributed by atoms with Gasteiger partial charge in [0.2, 0.25) is 5.88 Å². The Morgan fingerprint density at radius 1 is 1.03 bits per heavy atom. The minimum Gasteiger partial charge on any atom is -0.494 e. The van der Waals surface area contributed by atoms with E-state index < -0.39 is 15.9 Å². The number of allylic oxidation sites excluding steroid dienone is 2. The van der Waals surface area contributed by atoms with Crippen molar-refractivity contribution in [3.8, 4) is 11.8 Å². The molecule has 0 fully saturated rings. The van der Waals surface area contributed by atoms with Crippen molar-refractivity contribution in [2.45, 2.75) is 19.4 Å². The molecule has 1 atom stereocenters. The maximum absolute atomic E-state index is 14.3. The second-order valence-electron chi connectivity index (χ2n) is 8.10. The number of nitrogens with two attached hydrogens (primary N) is 1. The van der Waals surface area contributed by atoms with Gasteiger partial charge >= 0.3 is 0 Å². The Hall–Kier alpha value is -4.22. The molecule has 3 aromatic carbocycles. The quantitative estimate of drug-likeness (QED) is 0.566. The van der Waals surface area contributed by atoms with Gasteiger partial charge in [-0.15, -0.1) is 0 Å². The molecule has 0 amide bonds. The first-order valence-electron chi connectivity index (χ1n) is 11.2. The van der Waals surface area contributed by atoms with Gasteiger partial charge in [-0.25, -0.2) is 8.42 Å². The number of benzene rings is 3. The Morgan fingerprint density at radius 2 is 1.71 bits per heavy atom. The lowest BCUT2D eigenvalue weighted by atomic mass is 9.87. The van der Waals surface area contributed by atoms with Gasteiger partial charge < -0.3 is 15.2 Å². The van der Waals surface area contributed by atoms with Crippen LogP contribution in [0.1, 0.15) is 29.5 Å². The van der Waals surface area contributed by atoms with Gasteiger partial charge in [-0.2, -0.15) is 5.26 Å². The summed E-state index contributed by atoms with van der Waals surface area (Å²) in [6, 6.07) is 25.7. The zero-order valence-electron chi connectivity index (χ0n) is 19.0. The van der Waals surface area contributed by atoms with E-state index in [0.29, 0.717) is 29.2 Å². The topological polar surface area (TPSA) is 106 Å². The molecule has 7 nitrogen and oxygen atoms in total. The fourth-order valence-corrected chi connectivity index (χ4v) is 6.45. The van der Waals surface area contributed by atoms with Crippen molar-refractivity contribution in [3.63, 3.8) is 0 Å². The highest BCUT2D eigenvalue weighted by Gasteiger charge is 2.47. The number of hydrogen-bond donors (Lipinski definition) is 1. The molecule has 176 valence electrons. The third kappa shape index (κ3) is 3.70. The Bertz CT molecular complexity index is 1500. The maximum atomic E-state index is 14.3. The van der Waals surface area contributed by atoms with Crippen LogP contribution in [0.25, 0.3) is 5.76 Å². The highest BCUT2D eigenvalue weighted by molar-refractivity contribution is 7.96. The first-order chi connectivity index (χ1) is 17.0. The number of anilines is 1. The summed E-state index contributed by atoms with van der Waals surface area (Å²) in [5, 5.41) is 10.0. The molecule has 0 unspecified atom stereocenters. The second-order valence-corrected chi connectivity index (χ2v) is 9.93. The fourth-order valence-electron chi connectivity index (χ4n) is 4.55. The van der Waals surface area contributed by atoms with E-state index >= 15 is 0 Å². The summed E-state index contributed by atoms with van der Waals surface area (Å²) in [6.07, 6.45) is 0. The molecular weight excluding hydrogens is 462 g/mol. The van der Waals surface area contributed by atoms with Crippen LogP contribution in [-0.4, -0.2) is 15.0 Å². The van der Waals surface area contributed by atoms with Crippen molar-refractivity contribution >= 4 is 21.5 Å². The molecule has 2 N–H and O–H groups in total. The highest BCUT2D eigenvalue weighted by Crippen LogP contribution is 2.52. The molecule has 2 aliphatic heterocycles. The van der Waals surface area contributed by atoms with Crippen molar-refractivity contribution < 1.29 is 17.9 Å². The lowest BCUT2D eigenvalue weighted by molar-refractivity contribution is 0.333. The highest BCUT2D eigenvalue weighted by atomic mass is 32.2. The third-order valence-electron chi connectivity index (χ3n) is 6.06. The second kappa shape index (κ2) is 8.85. The summed E-state index contributed by atoms with van der Waals surface area (Å²) < 4.78 is 41.7. The molecule has 0 radical (unpaired) electrons. The summed E-state index contributed by atoms with van der Waals surface area (Å²) in [7, 11) is -4.14. The Morgan fingerprint density at radius 3 is 2.46 bits per heavy atom. The van der Waals surface area contributed by atoms with Crippen molar-refractivity contribution in [1.82, 2.24) is 0 Å². The average Bonchev–Trinajstić information content (AvgIpc) is 2.87. The Kier molecular flexibility index (Phi) is 5.71. The number of para-hydroxylation sites is 2. The molecule has 3 aromatic rings. The van der Waals surface area contributed by atoms with Crippen molar-refractivity contribution in [2.75, 3.05) is 10.9 Å². The van der Waals surface area contributed by atoms with Crippen molar-refractivity contribution in [3.05, 3.63) is 112 Å². The number of nitriles is 1. The van der Waals surface area contributed by atoms with Crippen LogP contribution >= 0.6 is 0 Å². The smallest absolute Gasteiger partial charge is 0.265 e. The van der Waals surface area contributed by atoms with Gasteiger partial charge in [0.15, 0.2) is 5.76 Å². The van der Waals surface area contributed by atoms with Crippen LogP contribution in [0.15, 0.2) is 95.2 Å². The number of ether oxygens (including phenoxy) is 2. The molecule has 8 heteroatoms. The number of rotatable bonds is 5. The normalized spacial score (nSPS) is 18.3. The molecule has 0 aliphatic carbocycles. The zero-order valence-corrected chi connectivity index (χ0v) is 19.8. The van der Waals surface area contributed by atoms with Crippen LogP contribution in [0, 0.1) is 11.3 Å². The molecule has 5 rings (SSSR count). The molecular formula is C27H23N3O4S. The van der Waals surface area contributed by atoms with Crippen LogP contribution < -0.4 is 14.8 Å². The molecule has 2 heterocycles. The largest absolute Gasteiger partial charge is 0.494 e. The summed E-state index contributed by atoms with van der Waals surface area (Å²) >= 11 is 0. The van der Waals surface area contributed by atoms with E-state index in [4.69, 9.17) is 15.2 Å². The van der Waals surface area contributed by atoms with Gasteiger partial charge in [0.25, 0.3) is 10.0 Å². The Balaban J connectivity index is 1.78. The van der Waals surface area contributed by atoms with Crippen LogP contribution in [0.3, 0.4) is 0 Å². The molecule has 0 bridgehead atoms. The predicted molar refractivity (Wildman–Crippen MR) is 133 cm³/mol. The molecule has 0 aromatic heterocycles. The van der Waals surface area contributed by atoms with E-state index in [1.807, 2.05) is 43.3 Å². The van der Waals surface area contributed by atoms with Gasteiger partial charge in [0.1, 0.15) is 22.3 Å². The molecule has 0 saturated carbocycles. The van der Waals surface area contributed by atoms with E-state index in [1.54, 1.807) is 42.5 Å². The van der Waals surface area contributed by atoms with Crippen LogP contribution in [-0.2, 0) is 21.3 Å². The van der Waals surface area contributed by atoms with Gasteiger partial charge in [0, 0.05) is 11.1 Å². The summed E-state index contributed by atoms with van der Waals surface area (Å²) in [5.41, 5.74) is 8.67. The van der Waals surface area contributed by atoms with Gasteiger partial charge in [-0.05, 0) is 30.7 Å². The van der Waals surface area contributed by atoms with Crippen LogP contribution in [0.5, 0.6) is 5.75 Å². The third-order valence-corrected chi connectivity index (χ3v) is 7.94. The van der Waals surface area contributed by atoms with E-state index in [9.17, 15) is 13.7 Å². The minimum atomic E-state index is -4.14. The van der Waals surface area contributed by atoms with E-state index in [-0.39, 0.29) is 28.7 Å². The number of fused-ring (bicyclic) bond motifs is 2.